The quantitative estimate of drug-likeness (QED) is 0.550. The van der Waals surface area contributed by atoms with Crippen LogP contribution in [0, 0.1) is 11.8 Å². The molecule has 0 saturated carbocycles. The number of hydrogen-bond donors (Lipinski definition) is 0. The standard InChI is InChI=1S/C12H22Br2/c1-4-11(5-2)9-10(3)7-6-8-12(13)14/h8,10-11H,4-7,9H2,1-3H3. The molecule has 0 aromatic rings. The zero-order valence-electron chi connectivity index (χ0n) is 9.52. The zero-order valence-corrected chi connectivity index (χ0v) is 12.7. The summed E-state index contributed by atoms with van der Waals surface area (Å²) in [6.07, 6.45) is 8.73. The summed E-state index contributed by atoms with van der Waals surface area (Å²) in [5.41, 5.74) is 0. The van der Waals surface area contributed by atoms with Gasteiger partial charge < -0.3 is 0 Å². The molecule has 1 atom stereocenters. The summed E-state index contributed by atoms with van der Waals surface area (Å²) >= 11 is 6.76. The first-order valence-corrected chi connectivity index (χ1v) is 7.19. The van der Waals surface area contributed by atoms with Crippen LogP contribution in [0.4, 0.5) is 0 Å². The number of halogens is 2. The van der Waals surface area contributed by atoms with Gasteiger partial charge in [0.25, 0.3) is 0 Å². The summed E-state index contributed by atoms with van der Waals surface area (Å²) in [5.74, 6) is 1.79. The van der Waals surface area contributed by atoms with Crippen molar-refractivity contribution in [2.24, 2.45) is 11.8 Å². The molecule has 0 radical (unpaired) electrons. The van der Waals surface area contributed by atoms with Crippen LogP contribution in [-0.2, 0) is 0 Å². The van der Waals surface area contributed by atoms with E-state index in [4.69, 9.17) is 0 Å². The minimum Gasteiger partial charge on any atom is -0.0651 e. The molecular weight excluding hydrogens is 304 g/mol. The molecule has 2 heteroatoms. The maximum absolute atomic E-state index is 3.38. The van der Waals surface area contributed by atoms with Crippen LogP contribution >= 0.6 is 31.9 Å². The Bertz CT molecular complexity index is 156. The molecule has 0 aliphatic rings. The molecule has 0 aromatic heterocycles. The molecule has 0 aliphatic carbocycles. The molecule has 0 saturated heterocycles. The van der Waals surface area contributed by atoms with Crippen LogP contribution in [-0.4, -0.2) is 0 Å². The Morgan fingerprint density at radius 3 is 2.21 bits per heavy atom. The summed E-state index contributed by atoms with van der Waals surface area (Å²) in [5, 5.41) is 0. The van der Waals surface area contributed by atoms with Crippen molar-refractivity contribution in [1.29, 1.82) is 0 Å². The highest BCUT2D eigenvalue weighted by Gasteiger charge is 2.08. The average molecular weight is 326 g/mol. The Kier molecular flexibility index (Phi) is 9.41. The smallest absolute Gasteiger partial charge is 0.0564 e. The van der Waals surface area contributed by atoms with Gasteiger partial charge in [-0.15, -0.1) is 0 Å². The van der Waals surface area contributed by atoms with E-state index in [1.54, 1.807) is 0 Å². The van der Waals surface area contributed by atoms with Gasteiger partial charge in [-0.1, -0.05) is 39.7 Å². The fraction of sp³-hybridized carbons (Fsp3) is 0.833. The van der Waals surface area contributed by atoms with Crippen LogP contribution in [0.2, 0.25) is 0 Å². The van der Waals surface area contributed by atoms with Gasteiger partial charge in [-0.2, -0.15) is 0 Å². The lowest BCUT2D eigenvalue weighted by Crippen LogP contribution is -2.04. The zero-order chi connectivity index (χ0) is 11.0. The van der Waals surface area contributed by atoms with E-state index in [9.17, 15) is 0 Å². The fourth-order valence-corrected chi connectivity index (χ4v) is 2.24. The van der Waals surface area contributed by atoms with Crippen LogP contribution < -0.4 is 0 Å². The summed E-state index contributed by atoms with van der Waals surface area (Å²) in [4.78, 5) is 0. The monoisotopic (exact) mass is 324 g/mol. The molecule has 0 N–H and O–H groups in total. The lowest BCUT2D eigenvalue weighted by molar-refractivity contribution is 0.358. The van der Waals surface area contributed by atoms with Crippen molar-refractivity contribution >= 4 is 31.9 Å². The summed E-state index contributed by atoms with van der Waals surface area (Å²) in [6.45, 7) is 6.97. The minimum atomic E-state index is 0.857. The van der Waals surface area contributed by atoms with Gasteiger partial charge in [-0.25, -0.2) is 0 Å². The number of allylic oxidation sites excluding steroid dienone is 1. The van der Waals surface area contributed by atoms with Crippen molar-refractivity contribution < 1.29 is 0 Å². The van der Waals surface area contributed by atoms with E-state index in [2.05, 4.69) is 58.7 Å². The largest absolute Gasteiger partial charge is 0.0651 e. The molecule has 0 bridgehead atoms. The third-order valence-electron chi connectivity index (χ3n) is 2.85. The maximum Gasteiger partial charge on any atom is 0.0564 e. The molecule has 0 fully saturated rings. The Morgan fingerprint density at radius 2 is 1.79 bits per heavy atom. The molecule has 0 aliphatic heterocycles. The lowest BCUT2D eigenvalue weighted by atomic mass is 9.89. The SMILES string of the molecule is CCC(CC)CC(C)CCC=C(Br)Br. The second kappa shape index (κ2) is 8.96. The van der Waals surface area contributed by atoms with Crippen molar-refractivity contribution in [2.45, 2.75) is 52.9 Å². The van der Waals surface area contributed by atoms with Gasteiger partial charge in [-0.05, 0) is 63.0 Å². The molecular formula is C12H22Br2. The molecule has 0 aromatic carbocycles. The van der Waals surface area contributed by atoms with E-state index in [0.717, 1.165) is 15.2 Å². The highest BCUT2D eigenvalue weighted by atomic mass is 79.9. The van der Waals surface area contributed by atoms with E-state index in [0.29, 0.717) is 0 Å². The predicted molar refractivity (Wildman–Crippen MR) is 73.0 cm³/mol. The van der Waals surface area contributed by atoms with Crippen molar-refractivity contribution in [3.05, 3.63) is 9.47 Å². The Labute approximate surface area is 106 Å². The topological polar surface area (TPSA) is 0 Å². The van der Waals surface area contributed by atoms with Crippen molar-refractivity contribution in [3.63, 3.8) is 0 Å². The average Bonchev–Trinajstić information content (AvgIpc) is 2.13. The Morgan fingerprint density at radius 1 is 1.21 bits per heavy atom. The number of hydrogen-bond acceptors (Lipinski definition) is 0. The van der Waals surface area contributed by atoms with E-state index >= 15 is 0 Å². The van der Waals surface area contributed by atoms with E-state index in [1.807, 2.05) is 0 Å². The molecule has 84 valence electrons. The molecule has 0 nitrogen and oxygen atoms in total. The second-order valence-corrected chi connectivity index (χ2v) is 6.87. The second-order valence-electron chi connectivity index (χ2n) is 4.09. The highest BCUT2D eigenvalue weighted by molar-refractivity contribution is 9.28. The molecule has 0 amide bonds. The van der Waals surface area contributed by atoms with Crippen LogP contribution in [0.1, 0.15) is 52.9 Å². The predicted octanol–water partition coefficient (Wildman–Crippen LogP) is 5.86. The van der Waals surface area contributed by atoms with Crippen molar-refractivity contribution in [1.82, 2.24) is 0 Å². The Balaban J connectivity index is 3.63. The van der Waals surface area contributed by atoms with Gasteiger partial charge in [0.05, 0.1) is 3.39 Å². The fourth-order valence-electron chi connectivity index (χ4n) is 1.79. The van der Waals surface area contributed by atoms with Crippen LogP contribution in [0.15, 0.2) is 9.47 Å². The normalized spacial score (nSPS) is 13.0. The van der Waals surface area contributed by atoms with E-state index in [-0.39, 0.29) is 0 Å². The summed E-state index contributed by atoms with van der Waals surface area (Å²) in [6, 6.07) is 0. The van der Waals surface area contributed by atoms with Crippen LogP contribution in [0.25, 0.3) is 0 Å². The minimum absolute atomic E-state index is 0.857. The van der Waals surface area contributed by atoms with E-state index in [1.165, 1.54) is 32.1 Å². The molecule has 14 heavy (non-hydrogen) atoms. The molecule has 0 rings (SSSR count). The molecule has 1 unspecified atom stereocenters. The lowest BCUT2D eigenvalue weighted by Gasteiger charge is -2.17. The first kappa shape index (κ1) is 14.7. The first-order chi connectivity index (χ1) is 6.60. The third kappa shape index (κ3) is 8.05. The highest BCUT2D eigenvalue weighted by Crippen LogP contribution is 2.23. The van der Waals surface area contributed by atoms with Crippen molar-refractivity contribution in [2.75, 3.05) is 0 Å². The Hall–Kier alpha value is 0.700. The third-order valence-corrected chi connectivity index (χ3v) is 3.50. The van der Waals surface area contributed by atoms with E-state index < -0.39 is 0 Å². The van der Waals surface area contributed by atoms with Gasteiger partial charge in [-0.3, -0.25) is 0 Å². The first-order valence-electron chi connectivity index (χ1n) is 5.61. The van der Waals surface area contributed by atoms with Crippen LogP contribution in [0.3, 0.4) is 0 Å². The number of rotatable bonds is 7. The summed E-state index contributed by atoms with van der Waals surface area (Å²) in [7, 11) is 0. The summed E-state index contributed by atoms with van der Waals surface area (Å²) < 4.78 is 1.08. The van der Waals surface area contributed by atoms with Crippen LogP contribution in [0.5, 0.6) is 0 Å². The van der Waals surface area contributed by atoms with Gasteiger partial charge >= 0.3 is 0 Å². The molecule has 0 spiro atoms. The van der Waals surface area contributed by atoms with Gasteiger partial charge in [0, 0.05) is 0 Å². The van der Waals surface area contributed by atoms with Gasteiger partial charge in [0.15, 0.2) is 0 Å². The maximum atomic E-state index is 3.38. The van der Waals surface area contributed by atoms with Crippen molar-refractivity contribution in [3.8, 4) is 0 Å². The molecule has 0 heterocycles. The van der Waals surface area contributed by atoms with Gasteiger partial charge in [0.2, 0.25) is 0 Å². The van der Waals surface area contributed by atoms with Gasteiger partial charge in [0.1, 0.15) is 0 Å².